The van der Waals surface area contributed by atoms with E-state index in [0.717, 1.165) is 5.69 Å². The molecule has 0 aliphatic carbocycles. The normalized spacial score (nSPS) is 12.6. The van der Waals surface area contributed by atoms with E-state index in [1.165, 1.54) is 16.3 Å². The molecule has 1 aliphatic rings. The van der Waals surface area contributed by atoms with Gasteiger partial charge in [-0.1, -0.05) is 29.3 Å². The summed E-state index contributed by atoms with van der Waals surface area (Å²) in [6.45, 7) is 0. The van der Waals surface area contributed by atoms with Crippen molar-refractivity contribution in [1.82, 2.24) is 0 Å². The fourth-order valence-electron chi connectivity index (χ4n) is 1.76. The lowest BCUT2D eigenvalue weighted by Gasteiger charge is -2.00. The number of allylic oxidation sites excluding steroid dienone is 1. The highest BCUT2D eigenvalue weighted by atomic mass is 14.7. The maximum atomic E-state index is 4.28. The molecule has 0 saturated heterocycles. The first kappa shape index (κ1) is 7.43. The zero-order valence-corrected chi connectivity index (χ0v) is 7.57. The van der Waals surface area contributed by atoms with Crippen molar-refractivity contribution < 1.29 is 0 Å². The van der Waals surface area contributed by atoms with Crippen molar-refractivity contribution in [2.45, 2.75) is 0 Å². The molecule has 0 N–H and O–H groups in total. The maximum absolute atomic E-state index is 4.28. The first-order valence-electron chi connectivity index (χ1n) is 4.60. The van der Waals surface area contributed by atoms with Crippen molar-refractivity contribution in [3.63, 3.8) is 0 Å². The number of hydrogen-bond acceptors (Lipinski definition) is 1. The second-order valence-electron chi connectivity index (χ2n) is 3.30. The Balaban J connectivity index is 2.47. The summed E-state index contributed by atoms with van der Waals surface area (Å²) < 4.78 is 0. The van der Waals surface area contributed by atoms with E-state index in [-0.39, 0.29) is 0 Å². The average Bonchev–Trinajstić information content (AvgIpc) is 2.29. The predicted octanol–water partition coefficient (Wildman–Crippen LogP) is 3.45. The molecular formula is C13H8N+. The van der Waals surface area contributed by atoms with E-state index < -0.39 is 0 Å². The zero-order valence-electron chi connectivity index (χ0n) is 7.57. The standard InChI is InChI=1S/C13H8N/c1-2-6-12-10(4-1)7-8-11-5-3-9-14-13(11)12/h1-8H/q+1. The predicted molar refractivity (Wildman–Crippen MR) is 60.1 cm³/mol. The molecule has 14 heavy (non-hydrogen) atoms. The molecule has 1 heterocycles. The van der Waals surface area contributed by atoms with Gasteiger partial charge in [0.2, 0.25) is 0 Å². The molecule has 0 spiro atoms. The van der Waals surface area contributed by atoms with Crippen molar-refractivity contribution in [2.75, 3.05) is 0 Å². The monoisotopic (exact) mass is 178 g/mol. The molecule has 2 aromatic rings. The molecule has 1 heteroatoms. The number of aliphatic imine (C=N–C) groups is 1. The molecule has 0 saturated carbocycles. The second kappa shape index (κ2) is 2.76. The minimum atomic E-state index is 1.03. The Morgan fingerprint density at radius 2 is 1.93 bits per heavy atom. The van der Waals surface area contributed by atoms with E-state index >= 15 is 0 Å². The van der Waals surface area contributed by atoms with Crippen LogP contribution in [0.2, 0.25) is 0 Å². The third-order valence-corrected chi connectivity index (χ3v) is 2.45. The van der Waals surface area contributed by atoms with Gasteiger partial charge in [-0.2, -0.15) is 0 Å². The molecule has 1 aliphatic heterocycles. The molecule has 0 unspecified atom stereocenters. The number of hydrogen-bond donors (Lipinski definition) is 0. The van der Waals surface area contributed by atoms with Crippen LogP contribution in [0.1, 0.15) is 5.56 Å². The van der Waals surface area contributed by atoms with Crippen molar-refractivity contribution in [3.8, 4) is 0 Å². The van der Waals surface area contributed by atoms with Crippen LogP contribution in [0.25, 0.3) is 16.8 Å². The third kappa shape index (κ3) is 0.968. The lowest BCUT2D eigenvalue weighted by molar-refractivity contribution is 1.54. The molecule has 0 bridgehead atoms. The number of nitrogens with zero attached hydrogens (tertiary/aromatic N) is 1. The van der Waals surface area contributed by atoms with Crippen LogP contribution in [-0.4, -0.2) is 6.21 Å². The smallest absolute Gasteiger partial charge is 0.0648 e. The fraction of sp³-hybridized carbons (Fsp3) is 0. The van der Waals surface area contributed by atoms with E-state index in [1.54, 1.807) is 0 Å². The van der Waals surface area contributed by atoms with E-state index in [4.69, 9.17) is 0 Å². The summed E-state index contributed by atoms with van der Waals surface area (Å²) in [5, 5.41) is 2.42. The molecule has 0 amide bonds. The van der Waals surface area contributed by atoms with Crippen LogP contribution in [0.15, 0.2) is 47.5 Å². The van der Waals surface area contributed by atoms with Crippen LogP contribution in [0.3, 0.4) is 0 Å². The summed E-state index contributed by atoms with van der Waals surface area (Å²) in [7, 11) is 0. The van der Waals surface area contributed by atoms with Gasteiger partial charge in [0.25, 0.3) is 0 Å². The van der Waals surface area contributed by atoms with Crippen LogP contribution in [0.4, 0.5) is 5.69 Å². The molecule has 0 fully saturated rings. The minimum absolute atomic E-state index is 1.03. The minimum Gasteiger partial charge on any atom is -0.0648 e. The van der Waals surface area contributed by atoms with Gasteiger partial charge in [-0.15, -0.1) is 0 Å². The van der Waals surface area contributed by atoms with Gasteiger partial charge >= 0.3 is 0 Å². The Hall–Kier alpha value is -1.98. The summed E-state index contributed by atoms with van der Waals surface area (Å²) in [6.07, 6.45) is 6.76. The highest BCUT2D eigenvalue weighted by Gasteiger charge is 2.13. The SMILES string of the molecule is [C+]1=Nc2c(ccc3ccccc23)C=C1. The fourth-order valence-corrected chi connectivity index (χ4v) is 1.76. The van der Waals surface area contributed by atoms with E-state index in [1.807, 2.05) is 24.3 Å². The van der Waals surface area contributed by atoms with Crippen LogP contribution in [0.5, 0.6) is 0 Å². The molecular weight excluding hydrogens is 170 g/mol. The second-order valence-corrected chi connectivity index (χ2v) is 3.30. The van der Waals surface area contributed by atoms with E-state index in [0.29, 0.717) is 0 Å². The maximum Gasteiger partial charge on any atom is 0.195 e. The Labute approximate surface area is 82.4 Å². The molecule has 2 aromatic carbocycles. The largest absolute Gasteiger partial charge is 0.195 e. The van der Waals surface area contributed by atoms with Crippen molar-refractivity contribution in [2.24, 2.45) is 4.99 Å². The van der Waals surface area contributed by atoms with Gasteiger partial charge < -0.3 is 0 Å². The molecule has 1 nitrogen and oxygen atoms in total. The van der Waals surface area contributed by atoms with Crippen LogP contribution in [0, 0.1) is 0 Å². The third-order valence-electron chi connectivity index (χ3n) is 2.45. The Bertz CT molecular complexity index is 550. The summed E-state index contributed by atoms with van der Waals surface area (Å²) in [6, 6.07) is 12.5. The van der Waals surface area contributed by atoms with Crippen molar-refractivity contribution >= 4 is 28.8 Å². The van der Waals surface area contributed by atoms with Gasteiger partial charge in [0.05, 0.1) is 11.5 Å². The van der Waals surface area contributed by atoms with Crippen LogP contribution in [-0.2, 0) is 0 Å². The number of benzene rings is 2. The van der Waals surface area contributed by atoms with Gasteiger partial charge in [-0.3, -0.25) is 0 Å². The molecule has 3 rings (SSSR count). The Morgan fingerprint density at radius 3 is 2.93 bits per heavy atom. The van der Waals surface area contributed by atoms with Gasteiger partial charge in [0.15, 0.2) is 11.9 Å². The first-order chi connectivity index (χ1) is 6.95. The number of fused-ring (bicyclic) bond motifs is 3. The van der Waals surface area contributed by atoms with Crippen molar-refractivity contribution in [1.29, 1.82) is 0 Å². The van der Waals surface area contributed by atoms with E-state index in [2.05, 4.69) is 35.5 Å². The number of rotatable bonds is 0. The lowest BCUT2D eigenvalue weighted by Crippen LogP contribution is -1.83. The van der Waals surface area contributed by atoms with Gasteiger partial charge in [0, 0.05) is 0 Å². The van der Waals surface area contributed by atoms with Gasteiger partial charge in [-0.25, -0.2) is 0 Å². The average molecular weight is 178 g/mol. The topological polar surface area (TPSA) is 12.4 Å². The first-order valence-corrected chi connectivity index (χ1v) is 4.60. The lowest BCUT2D eigenvalue weighted by atomic mass is 10.0. The van der Waals surface area contributed by atoms with E-state index in [9.17, 15) is 0 Å². The van der Waals surface area contributed by atoms with Gasteiger partial charge in [-0.05, 0) is 17.5 Å². The summed E-state index contributed by atoms with van der Waals surface area (Å²) in [4.78, 5) is 4.28. The molecule has 0 radical (unpaired) electrons. The Kier molecular flexibility index (Phi) is 1.46. The zero-order chi connectivity index (χ0) is 9.38. The van der Waals surface area contributed by atoms with Crippen LogP contribution < -0.4 is 0 Å². The summed E-state index contributed by atoms with van der Waals surface area (Å²) in [5.74, 6) is 0. The molecule has 0 atom stereocenters. The van der Waals surface area contributed by atoms with Crippen molar-refractivity contribution in [3.05, 3.63) is 48.0 Å². The quantitative estimate of drug-likeness (QED) is 0.548. The molecule has 64 valence electrons. The van der Waals surface area contributed by atoms with Gasteiger partial charge in [0.1, 0.15) is 11.6 Å². The summed E-state index contributed by atoms with van der Waals surface area (Å²) >= 11 is 0. The highest BCUT2D eigenvalue weighted by molar-refractivity contribution is 6.01. The Morgan fingerprint density at radius 1 is 1.00 bits per heavy atom. The molecule has 0 aromatic heterocycles. The highest BCUT2D eigenvalue weighted by Crippen LogP contribution is 2.32. The van der Waals surface area contributed by atoms with Crippen LogP contribution >= 0.6 is 0 Å². The summed E-state index contributed by atoms with van der Waals surface area (Å²) in [5.41, 5.74) is 2.20.